The van der Waals surface area contributed by atoms with Gasteiger partial charge in [-0.25, -0.2) is 9.97 Å². The number of fused-ring (bicyclic) bond motifs is 10. The molecule has 1 aliphatic heterocycles. The number of ketones is 1. The molecule has 1 saturated heterocycles. The standard InChI is InChI=1S/C21H21N5O.C16H11N3O/c1-13-11-25(12-14(2)23-13)21(27)16-9-15-10-22-8-7-18(15)26-19-6-4-3-5-17(19)24-20(16)26;1-10(20)12-8-11-9-17-7-6-14(11)19-15-5-3-2-4-13(15)18-16(12)19/h3-10,13-14,23H,11-12H2,1-2H3;2-9H,1H3/t13-,14+;. The molecular formula is C37H32N8O2. The van der Waals surface area contributed by atoms with Gasteiger partial charge in [0.2, 0.25) is 0 Å². The van der Waals surface area contributed by atoms with Gasteiger partial charge in [-0.1, -0.05) is 24.3 Å². The lowest BCUT2D eigenvalue weighted by Crippen LogP contribution is -2.55. The number of carbonyl (C=O) groups is 2. The molecule has 0 spiro atoms. The van der Waals surface area contributed by atoms with Crippen LogP contribution >= 0.6 is 0 Å². The Morgan fingerprint density at radius 1 is 0.681 bits per heavy atom. The van der Waals surface area contributed by atoms with Crippen molar-refractivity contribution in [3.8, 4) is 0 Å². The minimum Gasteiger partial charge on any atom is -0.335 e. The number of nitrogens with one attached hydrogen (secondary N) is 1. The number of hydrogen-bond acceptors (Lipinski definition) is 7. The number of aromatic nitrogens is 6. The Kier molecular flexibility index (Phi) is 6.87. The lowest BCUT2D eigenvalue weighted by Gasteiger charge is -2.36. The van der Waals surface area contributed by atoms with E-state index in [-0.39, 0.29) is 23.8 Å². The first-order valence-electron chi connectivity index (χ1n) is 15.7. The molecule has 2 atom stereocenters. The largest absolute Gasteiger partial charge is 0.335 e. The first-order valence-corrected chi connectivity index (χ1v) is 15.7. The molecule has 0 saturated carbocycles. The third-order valence-corrected chi connectivity index (χ3v) is 8.80. The van der Waals surface area contributed by atoms with E-state index in [1.807, 2.05) is 88.3 Å². The van der Waals surface area contributed by atoms with Gasteiger partial charge < -0.3 is 10.2 Å². The number of amides is 1. The predicted molar refractivity (Wildman–Crippen MR) is 184 cm³/mol. The Morgan fingerprint density at radius 2 is 1.17 bits per heavy atom. The van der Waals surface area contributed by atoms with Crippen molar-refractivity contribution >= 4 is 66.9 Å². The maximum absolute atomic E-state index is 13.4. The van der Waals surface area contributed by atoms with Crippen LogP contribution in [0.2, 0.25) is 0 Å². The molecule has 232 valence electrons. The van der Waals surface area contributed by atoms with Crippen LogP contribution < -0.4 is 5.32 Å². The molecule has 1 aliphatic rings. The number of piperazine rings is 1. The summed E-state index contributed by atoms with van der Waals surface area (Å²) in [6.07, 6.45) is 7.11. The third kappa shape index (κ3) is 4.85. The molecule has 0 bridgehead atoms. The maximum atomic E-state index is 13.4. The number of nitrogens with zero attached hydrogens (tertiary/aromatic N) is 7. The molecule has 8 aromatic rings. The number of para-hydroxylation sites is 4. The second-order valence-electron chi connectivity index (χ2n) is 12.2. The molecule has 47 heavy (non-hydrogen) atoms. The number of pyridine rings is 4. The maximum Gasteiger partial charge on any atom is 0.257 e. The van der Waals surface area contributed by atoms with Crippen molar-refractivity contribution < 1.29 is 9.59 Å². The van der Waals surface area contributed by atoms with Gasteiger partial charge >= 0.3 is 0 Å². The highest BCUT2D eigenvalue weighted by molar-refractivity contribution is 6.07. The van der Waals surface area contributed by atoms with Crippen LogP contribution in [-0.4, -0.2) is 70.5 Å². The van der Waals surface area contributed by atoms with E-state index in [2.05, 4.69) is 38.5 Å². The topological polar surface area (TPSA) is 110 Å². The van der Waals surface area contributed by atoms with Gasteiger partial charge in [-0.3, -0.25) is 28.4 Å². The number of benzene rings is 2. The quantitative estimate of drug-likeness (QED) is 0.233. The summed E-state index contributed by atoms with van der Waals surface area (Å²) in [6, 6.07) is 24.2. The van der Waals surface area contributed by atoms with Gasteiger partial charge in [-0.15, -0.1) is 0 Å². The molecule has 7 heterocycles. The zero-order valence-electron chi connectivity index (χ0n) is 26.3. The van der Waals surface area contributed by atoms with Crippen molar-refractivity contribution in [3.05, 3.63) is 109 Å². The van der Waals surface area contributed by atoms with Crippen LogP contribution in [0.4, 0.5) is 0 Å². The van der Waals surface area contributed by atoms with Crippen molar-refractivity contribution in [3.63, 3.8) is 0 Å². The van der Waals surface area contributed by atoms with Crippen LogP contribution in [-0.2, 0) is 0 Å². The van der Waals surface area contributed by atoms with Crippen LogP contribution in [0, 0.1) is 0 Å². The van der Waals surface area contributed by atoms with Gasteiger partial charge in [0.15, 0.2) is 11.4 Å². The van der Waals surface area contributed by atoms with Gasteiger partial charge in [0.1, 0.15) is 5.65 Å². The molecule has 10 heteroatoms. The first kappa shape index (κ1) is 28.7. The summed E-state index contributed by atoms with van der Waals surface area (Å²) >= 11 is 0. The van der Waals surface area contributed by atoms with Crippen molar-refractivity contribution in [2.45, 2.75) is 32.9 Å². The van der Waals surface area contributed by atoms with E-state index in [1.165, 1.54) is 0 Å². The summed E-state index contributed by atoms with van der Waals surface area (Å²) in [7, 11) is 0. The van der Waals surface area contributed by atoms with Crippen LogP contribution in [0.15, 0.2) is 97.6 Å². The zero-order chi connectivity index (χ0) is 32.2. The van der Waals surface area contributed by atoms with E-state index in [0.717, 1.165) is 43.9 Å². The van der Waals surface area contributed by atoms with Crippen LogP contribution in [0.5, 0.6) is 0 Å². The molecule has 0 aliphatic carbocycles. The Labute approximate surface area is 269 Å². The fourth-order valence-electron chi connectivity index (χ4n) is 6.85. The molecular weight excluding hydrogens is 588 g/mol. The summed E-state index contributed by atoms with van der Waals surface area (Å²) in [4.78, 5) is 45.1. The Balaban J connectivity index is 0.000000144. The molecule has 1 amide bonds. The Morgan fingerprint density at radius 3 is 1.70 bits per heavy atom. The number of hydrogen-bond donors (Lipinski definition) is 1. The van der Waals surface area contributed by atoms with E-state index in [0.29, 0.717) is 35.5 Å². The monoisotopic (exact) mass is 620 g/mol. The summed E-state index contributed by atoms with van der Waals surface area (Å²) in [5.41, 5.74) is 8.46. The fourth-order valence-corrected chi connectivity index (χ4v) is 6.85. The van der Waals surface area contributed by atoms with E-state index >= 15 is 0 Å². The Hall–Kier alpha value is -5.74. The normalized spacial score (nSPS) is 16.7. The van der Waals surface area contributed by atoms with Crippen molar-refractivity contribution in [2.24, 2.45) is 0 Å². The molecule has 0 unspecified atom stereocenters. The third-order valence-electron chi connectivity index (χ3n) is 8.80. The molecule has 9 rings (SSSR count). The van der Waals surface area contributed by atoms with E-state index in [4.69, 9.17) is 4.98 Å². The summed E-state index contributed by atoms with van der Waals surface area (Å²) in [5.74, 6) is 0.0392. The number of carbonyl (C=O) groups excluding carboxylic acids is 2. The van der Waals surface area contributed by atoms with E-state index < -0.39 is 0 Å². The second kappa shape index (κ2) is 11.3. The van der Waals surface area contributed by atoms with Crippen molar-refractivity contribution in [1.82, 2.24) is 39.0 Å². The molecule has 1 fully saturated rings. The highest BCUT2D eigenvalue weighted by Gasteiger charge is 2.28. The number of Topliss-reactive ketones (excluding diaryl/α,β-unsaturated/α-hetero) is 1. The van der Waals surface area contributed by atoms with E-state index in [9.17, 15) is 9.59 Å². The van der Waals surface area contributed by atoms with Crippen LogP contribution in [0.1, 0.15) is 41.5 Å². The minimum atomic E-state index is 0.0102. The first-order chi connectivity index (χ1) is 22.9. The second-order valence-corrected chi connectivity index (χ2v) is 12.2. The average Bonchev–Trinajstić information content (AvgIpc) is 3.67. The SMILES string of the molecule is CC(=O)c1cc2cnccc2n2c1nc1ccccc12.C[C@@H]1CN(C(=O)c2cc3cnccc3n3c2nc2ccccc23)C[C@H](C)N1. The minimum absolute atomic E-state index is 0.0102. The lowest BCUT2D eigenvalue weighted by atomic mass is 10.1. The predicted octanol–water partition coefficient (Wildman–Crippen LogP) is 6.10. The molecule has 6 aromatic heterocycles. The van der Waals surface area contributed by atoms with Gasteiger partial charge in [-0.2, -0.15) is 0 Å². The summed E-state index contributed by atoms with van der Waals surface area (Å²) < 4.78 is 4.11. The fraction of sp³-hybridized carbons (Fsp3) is 0.189. The van der Waals surface area contributed by atoms with Crippen LogP contribution in [0.25, 0.3) is 55.2 Å². The van der Waals surface area contributed by atoms with Gasteiger partial charge in [0, 0.05) is 60.7 Å². The van der Waals surface area contributed by atoms with Crippen LogP contribution in [0.3, 0.4) is 0 Å². The highest BCUT2D eigenvalue weighted by Crippen LogP contribution is 2.28. The van der Waals surface area contributed by atoms with Gasteiger partial charge in [-0.05, 0) is 69.3 Å². The smallest absolute Gasteiger partial charge is 0.257 e. The highest BCUT2D eigenvalue weighted by atomic mass is 16.2. The van der Waals surface area contributed by atoms with E-state index in [1.54, 1.807) is 25.5 Å². The molecule has 0 radical (unpaired) electrons. The number of rotatable bonds is 2. The van der Waals surface area contributed by atoms with Crippen molar-refractivity contribution in [2.75, 3.05) is 13.1 Å². The average molecular weight is 621 g/mol. The summed E-state index contributed by atoms with van der Waals surface area (Å²) in [6.45, 7) is 7.18. The summed E-state index contributed by atoms with van der Waals surface area (Å²) in [5, 5.41) is 5.36. The van der Waals surface area contributed by atoms with Gasteiger partial charge in [0.25, 0.3) is 5.91 Å². The molecule has 2 aromatic carbocycles. The molecule has 1 N–H and O–H groups in total. The lowest BCUT2D eigenvalue weighted by molar-refractivity contribution is 0.0675. The zero-order valence-corrected chi connectivity index (χ0v) is 26.3. The Bertz CT molecular complexity index is 2510. The number of imidazole rings is 2. The molecule has 10 nitrogen and oxygen atoms in total. The van der Waals surface area contributed by atoms with Crippen molar-refractivity contribution in [1.29, 1.82) is 0 Å². The van der Waals surface area contributed by atoms with Gasteiger partial charge in [0.05, 0.1) is 44.2 Å².